The fourth-order valence-corrected chi connectivity index (χ4v) is 5.33. The van der Waals surface area contributed by atoms with E-state index in [0.29, 0.717) is 5.56 Å². The Kier molecular flexibility index (Phi) is 9.51. The van der Waals surface area contributed by atoms with Crippen LogP contribution in [0.5, 0.6) is 11.5 Å². The van der Waals surface area contributed by atoms with Gasteiger partial charge in [-0.3, -0.25) is 0 Å². The smallest absolute Gasteiger partial charge is 0.337 e. The van der Waals surface area contributed by atoms with Gasteiger partial charge in [-0.1, -0.05) is 6.07 Å². The van der Waals surface area contributed by atoms with Gasteiger partial charge in [-0.25, -0.2) is 9.59 Å². The Morgan fingerprint density at radius 2 is 1.68 bits per heavy atom. The van der Waals surface area contributed by atoms with Gasteiger partial charge in [-0.05, 0) is 23.8 Å². The minimum absolute atomic E-state index is 0.147. The SMILES string of the molecule is COC(=O)C1=CO[C@@H](OC2OC(CO)C(O)C(O)C2O)[C@@H]2[C@@H](CO)[C@@H](O)[C@@H](OC(=O)C=Cc3ccc(O)c(O)c3)[C@H]12. The Balaban J connectivity index is 1.60. The van der Waals surface area contributed by atoms with Crippen molar-refractivity contribution in [1.82, 2.24) is 0 Å². The van der Waals surface area contributed by atoms with E-state index in [4.69, 9.17) is 23.7 Å². The van der Waals surface area contributed by atoms with E-state index >= 15 is 0 Å². The van der Waals surface area contributed by atoms with Crippen molar-refractivity contribution in [1.29, 1.82) is 0 Å². The summed E-state index contributed by atoms with van der Waals surface area (Å²) in [7, 11) is 1.10. The summed E-state index contributed by atoms with van der Waals surface area (Å²) < 4.78 is 27.0. The fraction of sp³-hybridized carbons (Fsp3) is 0.538. The minimum Gasteiger partial charge on any atom is -0.504 e. The highest BCUT2D eigenvalue weighted by Crippen LogP contribution is 2.49. The normalized spacial score (nSPS) is 36.8. The second-order valence-electron chi connectivity index (χ2n) is 9.83. The molecule has 1 saturated carbocycles. The third-order valence-electron chi connectivity index (χ3n) is 7.45. The van der Waals surface area contributed by atoms with Crippen molar-refractivity contribution in [3.63, 3.8) is 0 Å². The zero-order valence-corrected chi connectivity index (χ0v) is 21.7. The van der Waals surface area contributed by atoms with Crippen LogP contribution in [-0.4, -0.2) is 122 Å². The number of carbonyl (C=O) groups is 2. The molecule has 11 atom stereocenters. The molecule has 0 aromatic heterocycles. The summed E-state index contributed by atoms with van der Waals surface area (Å²) in [6.07, 6.45) is -9.32. The maximum absolute atomic E-state index is 12.7. The van der Waals surface area contributed by atoms with Crippen LogP contribution in [0.3, 0.4) is 0 Å². The standard InChI is InChI=1S/C26H32O15/c1-37-24(36)12-9-38-25(41-26-22(35)21(34)20(33)15(8-28)39-26)18-11(7-27)19(32)23(17(12)18)40-16(31)5-3-10-2-4-13(29)14(30)6-10/h2-6,9,11,15,17-23,25-30,32-35H,7-8H2,1H3/t11-,15?,17-,18-,19-,20?,21?,22?,23+,25+,26?/m1/s1. The van der Waals surface area contributed by atoms with Gasteiger partial charge in [0.05, 0.1) is 31.7 Å². The average Bonchev–Trinajstić information content (AvgIpc) is 3.24. The van der Waals surface area contributed by atoms with E-state index in [0.717, 1.165) is 19.4 Å². The van der Waals surface area contributed by atoms with Crippen molar-refractivity contribution in [2.24, 2.45) is 17.8 Å². The number of fused-ring (bicyclic) bond motifs is 1. The Morgan fingerprint density at radius 1 is 0.951 bits per heavy atom. The number of benzene rings is 1. The minimum atomic E-state index is -1.79. The van der Waals surface area contributed by atoms with Crippen molar-refractivity contribution in [2.45, 2.75) is 49.2 Å². The summed E-state index contributed by atoms with van der Waals surface area (Å²) in [6.45, 7) is -1.40. The van der Waals surface area contributed by atoms with Crippen LogP contribution in [0.4, 0.5) is 0 Å². The molecule has 41 heavy (non-hydrogen) atoms. The maximum atomic E-state index is 12.7. The molecular weight excluding hydrogens is 552 g/mol. The van der Waals surface area contributed by atoms with Crippen molar-refractivity contribution in [3.8, 4) is 11.5 Å². The summed E-state index contributed by atoms with van der Waals surface area (Å²) in [5, 5.41) is 80.4. The van der Waals surface area contributed by atoms with Gasteiger partial charge in [0.15, 0.2) is 17.8 Å². The second-order valence-corrected chi connectivity index (χ2v) is 9.83. The first kappa shape index (κ1) is 30.7. The number of aliphatic hydroxyl groups is 6. The van der Waals surface area contributed by atoms with Gasteiger partial charge in [0.2, 0.25) is 6.29 Å². The first-order valence-electron chi connectivity index (χ1n) is 12.6. The predicted molar refractivity (Wildman–Crippen MR) is 132 cm³/mol. The topological polar surface area (TPSA) is 242 Å². The molecule has 15 heteroatoms. The van der Waals surface area contributed by atoms with E-state index in [-0.39, 0.29) is 11.3 Å². The molecule has 2 aliphatic heterocycles. The van der Waals surface area contributed by atoms with Gasteiger partial charge >= 0.3 is 11.9 Å². The summed E-state index contributed by atoms with van der Waals surface area (Å²) in [6, 6.07) is 3.82. The lowest BCUT2D eigenvalue weighted by Crippen LogP contribution is -2.60. The first-order valence-corrected chi connectivity index (χ1v) is 12.6. The Hall–Kier alpha value is -3.28. The van der Waals surface area contributed by atoms with Crippen LogP contribution < -0.4 is 0 Å². The Bertz CT molecular complexity index is 1170. The molecule has 1 saturated heterocycles. The molecule has 0 spiro atoms. The zero-order valence-electron chi connectivity index (χ0n) is 21.7. The molecule has 8 N–H and O–H groups in total. The lowest BCUT2D eigenvalue weighted by Gasteiger charge is -2.43. The van der Waals surface area contributed by atoms with Gasteiger partial charge in [0, 0.05) is 30.4 Å². The highest BCUT2D eigenvalue weighted by molar-refractivity contribution is 5.90. The van der Waals surface area contributed by atoms with Crippen molar-refractivity contribution in [2.75, 3.05) is 20.3 Å². The maximum Gasteiger partial charge on any atom is 0.337 e. The largest absolute Gasteiger partial charge is 0.504 e. The van der Waals surface area contributed by atoms with Crippen molar-refractivity contribution in [3.05, 3.63) is 41.7 Å². The van der Waals surface area contributed by atoms with Crippen LogP contribution in [0.15, 0.2) is 36.1 Å². The van der Waals surface area contributed by atoms with E-state index in [9.17, 15) is 50.4 Å². The number of rotatable bonds is 8. The van der Waals surface area contributed by atoms with Crippen LogP contribution in [0.25, 0.3) is 6.08 Å². The quantitative estimate of drug-likeness (QED) is 0.0892. The molecule has 0 bridgehead atoms. The van der Waals surface area contributed by atoms with Crippen LogP contribution in [0, 0.1) is 17.8 Å². The van der Waals surface area contributed by atoms with Crippen LogP contribution in [0.2, 0.25) is 0 Å². The van der Waals surface area contributed by atoms with Crippen LogP contribution >= 0.6 is 0 Å². The number of esters is 2. The third kappa shape index (κ3) is 6.02. The molecule has 1 aromatic rings. The molecule has 0 radical (unpaired) electrons. The number of carbonyl (C=O) groups excluding carboxylic acids is 2. The Morgan fingerprint density at radius 3 is 2.32 bits per heavy atom. The van der Waals surface area contributed by atoms with E-state index < -0.39 is 97.9 Å². The van der Waals surface area contributed by atoms with Gasteiger partial charge < -0.3 is 64.5 Å². The van der Waals surface area contributed by atoms with E-state index in [1.165, 1.54) is 24.3 Å². The fourth-order valence-electron chi connectivity index (χ4n) is 5.33. The summed E-state index contributed by atoms with van der Waals surface area (Å²) in [4.78, 5) is 25.4. The van der Waals surface area contributed by atoms with Gasteiger partial charge in [-0.15, -0.1) is 0 Å². The highest BCUT2D eigenvalue weighted by atomic mass is 16.8. The molecule has 3 aliphatic rings. The lowest BCUT2D eigenvalue weighted by atomic mass is 9.82. The second kappa shape index (κ2) is 12.7. The molecule has 226 valence electrons. The number of aliphatic hydroxyl groups excluding tert-OH is 6. The van der Waals surface area contributed by atoms with Gasteiger partial charge in [0.25, 0.3) is 0 Å². The number of phenols is 2. The van der Waals surface area contributed by atoms with E-state index in [1.54, 1.807) is 0 Å². The van der Waals surface area contributed by atoms with Gasteiger partial charge in [0.1, 0.15) is 30.5 Å². The van der Waals surface area contributed by atoms with E-state index in [2.05, 4.69) is 0 Å². The Labute approximate surface area is 233 Å². The van der Waals surface area contributed by atoms with E-state index in [1.807, 2.05) is 0 Å². The number of hydrogen-bond donors (Lipinski definition) is 8. The number of methoxy groups -OCH3 is 1. The van der Waals surface area contributed by atoms with Crippen molar-refractivity contribution >= 4 is 18.0 Å². The molecule has 5 unspecified atom stereocenters. The molecule has 1 aliphatic carbocycles. The molecule has 0 amide bonds. The zero-order chi connectivity index (χ0) is 30.0. The van der Waals surface area contributed by atoms with Gasteiger partial charge in [-0.2, -0.15) is 0 Å². The number of hydrogen-bond acceptors (Lipinski definition) is 15. The molecule has 15 nitrogen and oxygen atoms in total. The van der Waals surface area contributed by atoms with Crippen LogP contribution in [-0.2, 0) is 33.3 Å². The average molecular weight is 585 g/mol. The molecular formula is C26H32O15. The van der Waals surface area contributed by atoms with Crippen molar-refractivity contribution < 1.29 is 74.1 Å². The predicted octanol–water partition coefficient (Wildman–Crippen LogP) is -2.53. The summed E-state index contributed by atoms with van der Waals surface area (Å²) >= 11 is 0. The summed E-state index contributed by atoms with van der Waals surface area (Å²) in [5.74, 6) is -5.94. The number of aromatic hydroxyl groups is 2. The monoisotopic (exact) mass is 584 g/mol. The molecule has 1 aromatic carbocycles. The third-order valence-corrected chi connectivity index (χ3v) is 7.45. The molecule has 4 rings (SSSR count). The van der Waals surface area contributed by atoms with Crippen LogP contribution in [0.1, 0.15) is 5.56 Å². The first-order chi connectivity index (χ1) is 19.5. The lowest BCUT2D eigenvalue weighted by molar-refractivity contribution is -0.343. The highest BCUT2D eigenvalue weighted by Gasteiger charge is 2.60. The number of ether oxygens (including phenoxy) is 5. The molecule has 2 fully saturated rings. The molecule has 2 heterocycles. The number of phenolic OH excluding ortho intramolecular Hbond substituents is 2. The summed E-state index contributed by atoms with van der Waals surface area (Å²) in [5.41, 5.74) is 0.191.